The molecule has 0 radical (unpaired) electrons. The van der Waals surface area contributed by atoms with Gasteiger partial charge in [-0.25, -0.2) is 0 Å². The van der Waals surface area contributed by atoms with E-state index in [0.29, 0.717) is 0 Å². The van der Waals surface area contributed by atoms with Gasteiger partial charge in [-0.2, -0.15) is 0 Å². The van der Waals surface area contributed by atoms with Gasteiger partial charge in [0.05, 0.1) is 4.88 Å². The van der Waals surface area contributed by atoms with Crippen molar-refractivity contribution in [3.05, 3.63) is 28.6 Å². The molecule has 0 saturated heterocycles. The minimum Gasteiger partial charge on any atom is -0.297 e. The molecule has 2 aromatic rings. The maximum absolute atomic E-state index is 10.7. The van der Waals surface area contributed by atoms with Crippen LogP contribution in [0.4, 0.5) is 0 Å². The number of thiol groups is 1. The molecule has 0 saturated carbocycles. The highest BCUT2D eigenvalue weighted by atomic mass is 32.1. The van der Waals surface area contributed by atoms with Crippen molar-refractivity contribution in [2.75, 3.05) is 0 Å². The maximum atomic E-state index is 10.7. The van der Waals surface area contributed by atoms with Gasteiger partial charge in [-0.15, -0.1) is 24.0 Å². The van der Waals surface area contributed by atoms with Crippen molar-refractivity contribution in [3.8, 4) is 0 Å². The van der Waals surface area contributed by atoms with Crippen molar-refractivity contribution in [1.82, 2.24) is 0 Å². The van der Waals surface area contributed by atoms with E-state index in [1.54, 1.807) is 11.3 Å². The Kier molecular flexibility index (Phi) is 2.61. The van der Waals surface area contributed by atoms with Crippen molar-refractivity contribution in [3.63, 3.8) is 0 Å². The minimum atomic E-state index is 0.774. The van der Waals surface area contributed by atoms with Gasteiger partial charge in [-0.3, -0.25) is 4.79 Å². The Hall–Kier alpha value is -0.800. The second kappa shape index (κ2) is 3.75. The predicted octanol–water partition coefficient (Wildman–Crippen LogP) is 3.56. The standard InChI is InChI=1S/C11H10OS2/c1-2-7-3-4-10(13)9-5-8(6-12)14-11(7)9/h3-6,13H,2H2,1H3. The quantitative estimate of drug-likeness (QED) is 0.607. The molecule has 0 fully saturated rings. The molecule has 1 nitrogen and oxygen atoms in total. The van der Waals surface area contributed by atoms with E-state index >= 15 is 0 Å². The molecule has 0 aliphatic carbocycles. The lowest BCUT2D eigenvalue weighted by molar-refractivity contribution is 0.112. The van der Waals surface area contributed by atoms with Crippen LogP contribution in [0.2, 0.25) is 0 Å². The molecule has 0 bridgehead atoms. The molecule has 0 aliphatic heterocycles. The SMILES string of the molecule is CCc1ccc(S)c2cc(C=O)sc12. The highest BCUT2D eigenvalue weighted by Gasteiger charge is 2.07. The molecule has 0 spiro atoms. The van der Waals surface area contributed by atoms with Gasteiger partial charge in [-0.05, 0) is 24.1 Å². The topological polar surface area (TPSA) is 17.1 Å². The van der Waals surface area contributed by atoms with Crippen LogP contribution in [0.25, 0.3) is 10.1 Å². The third-order valence-electron chi connectivity index (χ3n) is 2.26. The molecule has 3 heteroatoms. The zero-order valence-electron chi connectivity index (χ0n) is 7.78. The summed E-state index contributed by atoms with van der Waals surface area (Å²) in [6.07, 6.45) is 1.89. The van der Waals surface area contributed by atoms with Gasteiger partial charge in [0.1, 0.15) is 0 Å². The molecular formula is C11H10OS2. The van der Waals surface area contributed by atoms with E-state index in [4.69, 9.17) is 0 Å². The smallest absolute Gasteiger partial charge is 0.160 e. The van der Waals surface area contributed by atoms with Gasteiger partial charge in [0.25, 0.3) is 0 Å². The van der Waals surface area contributed by atoms with Crippen LogP contribution in [0.3, 0.4) is 0 Å². The number of rotatable bonds is 2. The lowest BCUT2D eigenvalue weighted by atomic mass is 10.1. The summed E-state index contributed by atoms with van der Waals surface area (Å²) in [4.78, 5) is 12.4. The summed E-state index contributed by atoms with van der Waals surface area (Å²) in [5.74, 6) is 0. The third kappa shape index (κ3) is 1.47. The number of hydrogen-bond acceptors (Lipinski definition) is 3. The molecule has 72 valence electrons. The summed E-state index contributed by atoms with van der Waals surface area (Å²) in [5, 5.41) is 1.10. The maximum Gasteiger partial charge on any atom is 0.160 e. The Bertz CT molecular complexity index is 485. The van der Waals surface area contributed by atoms with E-state index < -0.39 is 0 Å². The summed E-state index contributed by atoms with van der Waals surface area (Å²) in [6, 6.07) is 5.98. The fourth-order valence-electron chi connectivity index (χ4n) is 1.52. The summed E-state index contributed by atoms with van der Waals surface area (Å²) < 4.78 is 1.20. The Morgan fingerprint density at radius 3 is 2.93 bits per heavy atom. The Morgan fingerprint density at radius 2 is 2.29 bits per heavy atom. The number of aryl methyl sites for hydroxylation is 1. The predicted molar refractivity (Wildman–Crippen MR) is 63.8 cm³/mol. The first-order valence-corrected chi connectivity index (χ1v) is 5.72. The largest absolute Gasteiger partial charge is 0.297 e. The lowest BCUT2D eigenvalue weighted by Gasteiger charge is -2.00. The summed E-state index contributed by atoms with van der Waals surface area (Å²) in [6.45, 7) is 2.12. The van der Waals surface area contributed by atoms with Gasteiger partial charge < -0.3 is 0 Å². The van der Waals surface area contributed by atoms with Gasteiger partial charge >= 0.3 is 0 Å². The van der Waals surface area contributed by atoms with Crippen LogP contribution < -0.4 is 0 Å². The van der Waals surface area contributed by atoms with Crippen molar-refractivity contribution >= 4 is 40.3 Å². The first-order valence-electron chi connectivity index (χ1n) is 4.45. The molecule has 0 N–H and O–H groups in total. The van der Waals surface area contributed by atoms with E-state index in [-0.39, 0.29) is 0 Å². The number of carbonyl (C=O) groups is 1. The molecule has 0 unspecified atom stereocenters. The Labute approximate surface area is 92.2 Å². The average Bonchev–Trinajstić information content (AvgIpc) is 2.63. The summed E-state index contributed by atoms with van der Waals surface area (Å²) in [7, 11) is 0. The molecule has 0 atom stereocenters. The van der Waals surface area contributed by atoms with E-state index in [1.807, 2.05) is 12.1 Å². The fourth-order valence-corrected chi connectivity index (χ4v) is 2.93. The van der Waals surface area contributed by atoms with Crippen molar-refractivity contribution in [2.45, 2.75) is 18.2 Å². The van der Waals surface area contributed by atoms with Gasteiger partial charge in [0.15, 0.2) is 6.29 Å². The third-order valence-corrected chi connectivity index (χ3v) is 3.78. The van der Waals surface area contributed by atoms with Gasteiger partial charge in [-0.1, -0.05) is 13.0 Å². The monoisotopic (exact) mass is 222 g/mol. The summed E-state index contributed by atoms with van der Waals surface area (Å²) >= 11 is 5.93. The normalized spacial score (nSPS) is 10.7. The van der Waals surface area contributed by atoms with Crippen LogP contribution in [-0.2, 0) is 6.42 Å². The number of hydrogen-bond donors (Lipinski definition) is 1. The zero-order valence-corrected chi connectivity index (χ0v) is 9.49. The summed E-state index contributed by atoms with van der Waals surface area (Å²) in [5.41, 5.74) is 1.29. The highest BCUT2D eigenvalue weighted by Crippen LogP contribution is 2.32. The number of fused-ring (bicyclic) bond motifs is 1. The van der Waals surface area contributed by atoms with Crippen LogP contribution in [0.15, 0.2) is 23.1 Å². The van der Waals surface area contributed by atoms with E-state index in [0.717, 1.165) is 27.9 Å². The molecule has 0 amide bonds. The average molecular weight is 222 g/mol. The van der Waals surface area contributed by atoms with Crippen LogP contribution in [0.5, 0.6) is 0 Å². The van der Waals surface area contributed by atoms with Crippen LogP contribution in [-0.4, -0.2) is 6.29 Å². The van der Waals surface area contributed by atoms with E-state index in [9.17, 15) is 4.79 Å². The Balaban J connectivity index is 2.81. The number of carbonyl (C=O) groups excluding carboxylic acids is 1. The lowest BCUT2D eigenvalue weighted by Crippen LogP contribution is -1.79. The molecule has 2 rings (SSSR count). The van der Waals surface area contributed by atoms with Gasteiger partial charge in [0.2, 0.25) is 0 Å². The van der Waals surface area contributed by atoms with Gasteiger partial charge in [0, 0.05) is 15.0 Å². The van der Waals surface area contributed by atoms with E-state index in [2.05, 4.69) is 25.6 Å². The highest BCUT2D eigenvalue weighted by molar-refractivity contribution is 7.80. The minimum absolute atomic E-state index is 0.774. The zero-order chi connectivity index (χ0) is 10.1. The van der Waals surface area contributed by atoms with Crippen LogP contribution in [0.1, 0.15) is 22.2 Å². The van der Waals surface area contributed by atoms with Crippen molar-refractivity contribution < 1.29 is 4.79 Å². The van der Waals surface area contributed by atoms with Crippen LogP contribution >= 0.6 is 24.0 Å². The first-order chi connectivity index (χ1) is 6.76. The number of aldehydes is 1. The Morgan fingerprint density at radius 1 is 1.50 bits per heavy atom. The van der Waals surface area contributed by atoms with Crippen LogP contribution in [0, 0.1) is 0 Å². The molecular weight excluding hydrogens is 212 g/mol. The fraction of sp³-hybridized carbons (Fsp3) is 0.182. The van der Waals surface area contributed by atoms with E-state index in [1.165, 1.54) is 10.3 Å². The first kappa shape index (κ1) is 9.74. The number of thiophene rings is 1. The molecule has 0 aliphatic rings. The second-order valence-electron chi connectivity index (χ2n) is 3.11. The molecule has 1 aromatic heterocycles. The molecule has 14 heavy (non-hydrogen) atoms. The molecule has 1 heterocycles. The number of benzene rings is 1. The van der Waals surface area contributed by atoms with Crippen molar-refractivity contribution in [1.29, 1.82) is 0 Å². The molecule has 1 aromatic carbocycles. The van der Waals surface area contributed by atoms with Crippen molar-refractivity contribution in [2.24, 2.45) is 0 Å². The second-order valence-corrected chi connectivity index (χ2v) is 4.67.